The lowest BCUT2D eigenvalue weighted by Gasteiger charge is -2.09. The number of ether oxygens (including phenoxy) is 1. The van der Waals surface area contributed by atoms with Crippen LogP contribution in [0.3, 0.4) is 0 Å². The molecule has 5 nitrogen and oxygen atoms in total. The highest BCUT2D eigenvalue weighted by Gasteiger charge is 2.27. The SMILES string of the molecule is COCc1cccc(Nc2cc(N)nc(C3CC3)n2)c1. The average Bonchev–Trinajstić information content (AvgIpc) is 3.23. The smallest absolute Gasteiger partial charge is 0.136 e. The molecule has 0 saturated heterocycles. The second-order valence-corrected chi connectivity index (χ2v) is 5.07. The van der Waals surface area contributed by atoms with Crippen molar-refractivity contribution in [2.75, 3.05) is 18.2 Å². The standard InChI is InChI=1S/C15H18N4O/c1-20-9-10-3-2-4-12(7-10)17-14-8-13(16)18-15(19-14)11-5-6-11/h2-4,7-8,11H,5-6,9H2,1H3,(H3,16,17,18,19). The second-order valence-electron chi connectivity index (χ2n) is 5.07. The lowest BCUT2D eigenvalue weighted by atomic mass is 10.2. The van der Waals surface area contributed by atoms with Gasteiger partial charge in [0.2, 0.25) is 0 Å². The van der Waals surface area contributed by atoms with E-state index in [4.69, 9.17) is 10.5 Å². The van der Waals surface area contributed by atoms with Crippen LogP contribution in [0, 0.1) is 0 Å². The van der Waals surface area contributed by atoms with Gasteiger partial charge in [-0.25, -0.2) is 9.97 Å². The Morgan fingerprint density at radius 1 is 1.30 bits per heavy atom. The molecule has 0 atom stereocenters. The number of nitrogen functional groups attached to an aromatic ring is 1. The summed E-state index contributed by atoms with van der Waals surface area (Å²) in [7, 11) is 1.69. The van der Waals surface area contributed by atoms with Crippen LogP contribution in [0.15, 0.2) is 30.3 Å². The van der Waals surface area contributed by atoms with E-state index in [0.29, 0.717) is 18.3 Å². The molecule has 0 bridgehead atoms. The van der Waals surface area contributed by atoms with Crippen molar-refractivity contribution in [1.29, 1.82) is 0 Å². The third kappa shape index (κ3) is 3.05. The summed E-state index contributed by atoms with van der Waals surface area (Å²) >= 11 is 0. The van der Waals surface area contributed by atoms with E-state index in [1.165, 1.54) is 0 Å². The predicted molar refractivity (Wildman–Crippen MR) is 78.9 cm³/mol. The van der Waals surface area contributed by atoms with Crippen molar-refractivity contribution < 1.29 is 4.74 Å². The first-order valence-electron chi connectivity index (χ1n) is 6.74. The first-order valence-corrected chi connectivity index (χ1v) is 6.74. The van der Waals surface area contributed by atoms with Crippen LogP contribution in [0.1, 0.15) is 30.1 Å². The van der Waals surface area contributed by atoms with Crippen molar-refractivity contribution in [1.82, 2.24) is 9.97 Å². The number of nitrogens with zero attached hydrogens (tertiary/aromatic N) is 2. The molecule has 2 aromatic rings. The Hall–Kier alpha value is -2.14. The number of hydrogen-bond acceptors (Lipinski definition) is 5. The Morgan fingerprint density at radius 2 is 2.15 bits per heavy atom. The van der Waals surface area contributed by atoms with Gasteiger partial charge in [0.1, 0.15) is 17.5 Å². The van der Waals surface area contributed by atoms with Gasteiger partial charge in [0.05, 0.1) is 6.61 Å². The van der Waals surface area contributed by atoms with Gasteiger partial charge >= 0.3 is 0 Å². The monoisotopic (exact) mass is 270 g/mol. The maximum atomic E-state index is 5.85. The van der Waals surface area contributed by atoms with Crippen molar-refractivity contribution in [2.24, 2.45) is 0 Å². The van der Waals surface area contributed by atoms with Gasteiger partial charge in [0.15, 0.2) is 0 Å². The summed E-state index contributed by atoms with van der Waals surface area (Å²) in [6.45, 7) is 0.592. The summed E-state index contributed by atoms with van der Waals surface area (Å²) in [5.74, 6) is 2.59. The molecule has 104 valence electrons. The summed E-state index contributed by atoms with van der Waals surface area (Å²) < 4.78 is 5.14. The second kappa shape index (κ2) is 5.46. The van der Waals surface area contributed by atoms with Gasteiger partial charge in [-0.2, -0.15) is 0 Å². The summed E-state index contributed by atoms with van der Waals surface area (Å²) in [6, 6.07) is 9.81. The highest BCUT2D eigenvalue weighted by atomic mass is 16.5. The number of benzene rings is 1. The Labute approximate surface area is 118 Å². The molecular formula is C15H18N4O. The van der Waals surface area contributed by atoms with Crippen LogP contribution in [0.4, 0.5) is 17.3 Å². The molecule has 1 aliphatic rings. The van der Waals surface area contributed by atoms with Crippen molar-refractivity contribution in [3.63, 3.8) is 0 Å². The molecule has 0 spiro atoms. The summed E-state index contributed by atoms with van der Waals surface area (Å²) in [5.41, 5.74) is 7.93. The molecule has 1 aromatic heterocycles. The maximum absolute atomic E-state index is 5.85. The average molecular weight is 270 g/mol. The zero-order valence-electron chi connectivity index (χ0n) is 11.5. The lowest BCUT2D eigenvalue weighted by Crippen LogP contribution is -2.03. The first kappa shape index (κ1) is 12.9. The molecule has 0 aliphatic heterocycles. The van der Waals surface area contributed by atoms with E-state index >= 15 is 0 Å². The normalized spacial score (nSPS) is 14.2. The van der Waals surface area contributed by atoms with E-state index in [1.807, 2.05) is 24.3 Å². The molecule has 1 heterocycles. The minimum Gasteiger partial charge on any atom is -0.384 e. The molecule has 1 fully saturated rings. The Morgan fingerprint density at radius 3 is 2.90 bits per heavy atom. The Kier molecular flexibility index (Phi) is 3.52. The molecule has 0 unspecified atom stereocenters. The molecule has 1 saturated carbocycles. The minimum absolute atomic E-state index is 0.485. The summed E-state index contributed by atoms with van der Waals surface area (Å²) in [6.07, 6.45) is 2.32. The fraction of sp³-hybridized carbons (Fsp3) is 0.333. The van der Waals surface area contributed by atoms with Gasteiger partial charge in [0.25, 0.3) is 0 Å². The van der Waals surface area contributed by atoms with Crippen molar-refractivity contribution in [3.05, 3.63) is 41.7 Å². The van der Waals surface area contributed by atoms with Crippen molar-refractivity contribution >= 4 is 17.3 Å². The van der Waals surface area contributed by atoms with E-state index < -0.39 is 0 Å². The van der Waals surface area contributed by atoms with Gasteiger partial charge in [-0.05, 0) is 30.5 Å². The van der Waals surface area contributed by atoms with Crippen LogP contribution in [0.5, 0.6) is 0 Å². The van der Waals surface area contributed by atoms with Gasteiger partial charge in [0, 0.05) is 24.8 Å². The van der Waals surface area contributed by atoms with E-state index in [0.717, 1.165) is 35.7 Å². The number of aromatic nitrogens is 2. The van der Waals surface area contributed by atoms with Crippen LogP contribution in [0.25, 0.3) is 0 Å². The molecule has 1 aromatic carbocycles. The van der Waals surface area contributed by atoms with Crippen molar-refractivity contribution in [2.45, 2.75) is 25.4 Å². The molecule has 3 N–H and O–H groups in total. The number of nitrogens with two attached hydrogens (primary N) is 1. The lowest BCUT2D eigenvalue weighted by molar-refractivity contribution is 0.185. The summed E-state index contributed by atoms with van der Waals surface area (Å²) in [5, 5.41) is 3.28. The van der Waals surface area contributed by atoms with Crippen LogP contribution >= 0.6 is 0 Å². The van der Waals surface area contributed by atoms with Gasteiger partial charge in [-0.1, -0.05) is 12.1 Å². The first-order chi connectivity index (χ1) is 9.74. The Balaban J connectivity index is 1.81. The molecule has 1 aliphatic carbocycles. The number of rotatable bonds is 5. The largest absolute Gasteiger partial charge is 0.384 e. The van der Waals surface area contributed by atoms with Crippen LogP contribution < -0.4 is 11.1 Å². The molecule has 5 heteroatoms. The topological polar surface area (TPSA) is 73.1 Å². The number of hydrogen-bond donors (Lipinski definition) is 2. The van der Waals surface area contributed by atoms with Gasteiger partial charge in [-0.15, -0.1) is 0 Å². The maximum Gasteiger partial charge on any atom is 0.136 e. The third-order valence-corrected chi connectivity index (χ3v) is 3.22. The summed E-state index contributed by atoms with van der Waals surface area (Å²) in [4.78, 5) is 8.82. The zero-order chi connectivity index (χ0) is 13.9. The molecule has 0 radical (unpaired) electrons. The number of anilines is 3. The fourth-order valence-corrected chi connectivity index (χ4v) is 2.13. The zero-order valence-corrected chi connectivity index (χ0v) is 11.5. The fourth-order valence-electron chi connectivity index (χ4n) is 2.13. The quantitative estimate of drug-likeness (QED) is 0.874. The molecule has 20 heavy (non-hydrogen) atoms. The molecule has 0 amide bonds. The number of nitrogens with one attached hydrogen (secondary N) is 1. The minimum atomic E-state index is 0.485. The van der Waals surface area contributed by atoms with Crippen LogP contribution in [-0.4, -0.2) is 17.1 Å². The van der Waals surface area contributed by atoms with E-state index in [2.05, 4.69) is 15.3 Å². The van der Waals surface area contributed by atoms with E-state index in [1.54, 1.807) is 13.2 Å². The molecular weight excluding hydrogens is 252 g/mol. The van der Waals surface area contributed by atoms with Crippen LogP contribution in [0.2, 0.25) is 0 Å². The predicted octanol–water partition coefficient (Wildman–Crippen LogP) is 2.83. The van der Waals surface area contributed by atoms with E-state index in [9.17, 15) is 0 Å². The van der Waals surface area contributed by atoms with Crippen LogP contribution in [-0.2, 0) is 11.3 Å². The van der Waals surface area contributed by atoms with Gasteiger partial charge < -0.3 is 15.8 Å². The number of methoxy groups -OCH3 is 1. The van der Waals surface area contributed by atoms with E-state index in [-0.39, 0.29) is 0 Å². The third-order valence-electron chi connectivity index (χ3n) is 3.22. The Bertz CT molecular complexity index is 611. The molecule has 3 rings (SSSR count). The highest BCUT2D eigenvalue weighted by molar-refractivity contribution is 5.59. The highest BCUT2D eigenvalue weighted by Crippen LogP contribution is 2.38. The van der Waals surface area contributed by atoms with Crippen molar-refractivity contribution in [3.8, 4) is 0 Å². The van der Waals surface area contributed by atoms with Gasteiger partial charge in [-0.3, -0.25) is 0 Å².